The first kappa shape index (κ1) is 17.3. The highest BCUT2D eigenvalue weighted by Crippen LogP contribution is 2.23. The minimum absolute atomic E-state index is 0.0357. The van der Waals surface area contributed by atoms with Crippen LogP contribution in [0.25, 0.3) is 17.5 Å². The standard InChI is InChI=1S/C18H14ClNO4S/c1-22-14-4-2-12(3-5-14)18-20-13(11-24-18)10-23-17(21)9-7-15-6-8-16(19)25-15/h2-9,11H,10H2,1H3/b9-7+. The SMILES string of the molecule is COc1ccc(-c2nc(COC(=O)/C=C/c3ccc(Cl)s3)co2)cc1. The summed E-state index contributed by atoms with van der Waals surface area (Å²) in [6.07, 6.45) is 4.48. The van der Waals surface area contributed by atoms with Crippen molar-refractivity contribution in [2.24, 2.45) is 0 Å². The van der Waals surface area contributed by atoms with Crippen LogP contribution in [0.3, 0.4) is 0 Å². The zero-order chi connectivity index (χ0) is 17.6. The summed E-state index contributed by atoms with van der Waals surface area (Å²) in [5, 5.41) is 0. The molecule has 7 heteroatoms. The molecule has 0 unspecified atom stereocenters. The number of hydrogen-bond acceptors (Lipinski definition) is 6. The summed E-state index contributed by atoms with van der Waals surface area (Å²) in [6, 6.07) is 10.9. The lowest BCUT2D eigenvalue weighted by atomic mass is 10.2. The summed E-state index contributed by atoms with van der Waals surface area (Å²) in [5.74, 6) is 0.749. The monoisotopic (exact) mass is 375 g/mol. The van der Waals surface area contributed by atoms with E-state index in [-0.39, 0.29) is 6.61 Å². The number of ether oxygens (including phenoxy) is 2. The molecular formula is C18H14ClNO4S. The molecule has 128 valence electrons. The summed E-state index contributed by atoms with van der Waals surface area (Å²) in [4.78, 5) is 16.9. The van der Waals surface area contributed by atoms with Crippen LogP contribution in [-0.2, 0) is 16.1 Å². The van der Waals surface area contributed by atoms with Gasteiger partial charge in [-0.25, -0.2) is 9.78 Å². The number of methoxy groups -OCH3 is 1. The van der Waals surface area contributed by atoms with Crippen molar-refractivity contribution in [2.45, 2.75) is 6.61 Å². The molecule has 0 amide bonds. The number of rotatable bonds is 6. The van der Waals surface area contributed by atoms with Crippen molar-refractivity contribution in [1.82, 2.24) is 4.98 Å². The molecule has 3 aromatic rings. The highest BCUT2D eigenvalue weighted by molar-refractivity contribution is 7.17. The Kier molecular flexibility index (Phi) is 5.53. The van der Waals surface area contributed by atoms with E-state index in [1.165, 1.54) is 23.7 Å². The van der Waals surface area contributed by atoms with Gasteiger partial charge in [-0.2, -0.15) is 0 Å². The summed E-state index contributed by atoms with van der Waals surface area (Å²) >= 11 is 7.21. The van der Waals surface area contributed by atoms with E-state index in [4.69, 9.17) is 25.5 Å². The minimum Gasteiger partial charge on any atom is -0.497 e. The minimum atomic E-state index is -0.460. The Labute approximate surface area is 153 Å². The molecule has 0 aliphatic carbocycles. The molecule has 25 heavy (non-hydrogen) atoms. The molecule has 3 rings (SSSR count). The molecule has 0 radical (unpaired) electrons. The van der Waals surface area contributed by atoms with Crippen molar-refractivity contribution < 1.29 is 18.7 Å². The molecule has 0 bridgehead atoms. The molecule has 1 aromatic carbocycles. The number of thiophene rings is 1. The summed E-state index contributed by atoms with van der Waals surface area (Å²) in [6.45, 7) is 0.0357. The normalized spacial score (nSPS) is 11.0. The first-order chi connectivity index (χ1) is 12.1. The van der Waals surface area contributed by atoms with E-state index in [1.54, 1.807) is 19.3 Å². The van der Waals surface area contributed by atoms with Crippen molar-refractivity contribution in [1.29, 1.82) is 0 Å². The molecular weight excluding hydrogens is 362 g/mol. The molecule has 0 spiro atoms. The third-order valence-electron chi connectivity index (χ3n) is 3.23. The van der Waals surface area contributed by atoms with E-state index in [1.807, 2.05) is 30.3 Å². The number of carbonyl (C=O) groups is 1. The molecule has 0 aliphatic rings. The Balaban J connectivity index is 1.55. The van der Waals surface area contributed by atoms with E-state index >= 15 is 0 Å². The number of benzene rings is 1. The van der Waals surface area contributed by atoms with Gasteiger partial charge in [-0.15, -0.1) is 11.3 Å². The van der Waals surface area contributed by atoms with Crippen molar-refractivity contribution in [3.8, 4) is 17.2 Å². The van der Waals surface area contributed by atoms with E-state index in [0.717, 1.165) is 16.2 Å². The molecule has 0 fully saturated rings. The molecule has 0 N–H and O–H groups in total. The maximum Gasteiger partial charge on any atom is 0.331 e. The number of oxazole rings is 1. The Morgan fingerprint density at radius 2 is 2.08 bits per heavy atom. The fourth-order valence-electron chi connectivity index (χ4n) is 2.00. The van der Waals surface area contributed by atoms with E-state index in [2.05, 4.69) is 4.98 Å². The van der Waals surface area contributed by atoms with Gasteiger partial charge in [0, 0.05) is 16.5 Å². The van der Waals surface area contributed by atoms with E-state index < -0.39 is 5.97 Å². The van der Waals surface area contributed by atoms with Crippen molar-refractivity contribution in [3.05, 3.63) is 63.6 Å². The molecule has 2 heterocycles. The van der Waals surface area contributed by atoms with Crippen molar-refractivity contribution in [3.63, 3.8) is 0 Å². The van der Waals surface area contributed by atoms with E-state index in [9.17, 15) is 4.79 Å². The average molecular weight is 376 g/mol. The van der Waals surface area contributed by atoms with Crippen LogP contribution in [-0.4, -0.2) is 18.1 Å². The zero-order valence-corrected chi connectivity index (χ0v) is 14.8. The first-order valence-electron chi connectivity index (χ1n) is 7.33. The lowest BCUT2D eigenvalue weighted by molar-refractivity contribution is -0.139. The quantitative estimate of drug-likeness (QED) is 0.456. The molecule has 5 nitrogen and oxygen atoms in total. The molecule has 0 atom stereocenters. The lowest BCUT2D eigenvalue weighted by Crippen LogP contribution is -2.00. The van der Waals surface area contributed by atoms with Gasteiger partial charge in [0.2, 0.25) is 5.89 Å². The topological polar surface area (TPSA) is 61.6 Å². The summed E-state index contributed by atoms with van der Waals surface area (Å²) < 4.78 is 16.3. The third-order valence-corrected chi connectivity index (χ3v) is 4.43. The van der Waals surface area contributed by atoms with Crippen LogP contribution >= 0.6 is 22.9 Å². The van der Waals surface area contributed by atoms with Gasteiger partial charge in [-0.3, -0.25) is 0 Å². The van der Waals surface area contributed by atoms with Crippen LogP contribution in [0.15, 0.2) is 53.2 Å². The van der Waals surface area contributed by atoms with Gasteiger partial charge < -0.3 is 13.9 Å². The van der Waals surface area contributed by atoms with Crippen molar-refractivity contribution in [2.75, 3.05) is 7.11 Å². The molecule has 2 aromatic heterocycles. The number of aromatic nitrogens is 1. The van der Waals surface area contributed by atoms with Gasteiger partial charge in [-0.05, 0) is 42.5 Å². The molecule has 0 aliphatic heterocycles. The number of hydrogen-bond donors (Lipinski definition) is 0. The third kappa shape index (κ3) is 4.71. The highest BCUT2D eigenvalue weighted by atomic mass is 35.5. The predicted molar refractivity (Wildman–Crippen MR) is 96.7 cm³/mol. The fourth-order valence-corrected chi connectivity index (χ4v) is 2.96. The Morgan fingerprint density at radius 1 is 1.28 bits per heavy atom. The maximum absolute atomic E-state index is 11.7. The zero-order valence-electron chi connectivity index (χ0n) is 13.3. The number of halogens is 1. The number of nitrogens with zero attached hydrogens (tertiary/aromatic N) is 1. The molecule has 0 saturated carbocycles. The second-order valence-corrected chi connectivity index (χ2v) is 6.70. The van der Waals surface area contributed by atoms with Gasteiger partial charge in [0.05, 0.1) is 11.4 Å². The fraction of sp³-hybridized carbons (Fsp3) is 0.111. The van der Waals surface area contributed by atoms with Gasteiger partial charge in [0.15, 0.2) is 0 Å². The van der Waals surface area contributed by atoms with Crippen LogP contribution in [0.1, 0.15) is 10.6 Å². The second-order valence-electron chi connectivity index (χ2n) is 4.96. The van der Waals surface area contributed by atoms with Gasteiger partial charge in [0.25, 0.3) is 0 Å². The average Bonchev–Trinajstić information content (AvgIpc) is 3.27. The Morgan fingerprint density at radius 3 is 2.76 bits per heavy atom. The lowest BCUT2D eigenvalue weighted by Gasteiger charge is -1.99. The van der Waals surface area contributed by atoms with Crippen LogP contribution in [0.2, 0.25) is 4.34 Å². The Bertz CT molecular complexity index is 883. The van der Waals surface area contributed by atoms with Gasteiger partial charge in [-0.1, -0.05) is 11.6 Å². The smallest absolute Gasteiger partial charge is 0.331 e. The van der Waals surface area contributed by atoms with Crippen LogP contribution < -0.4 is 4.74 Å². The highest BCUT2D eigenvalue weighted by Gasteiger charge is 2.08. The Hall–Kier alpha value is -2.57. The molecule has 0 saturated heterocycles. The van der Waals surface area contributed by atoms with Crippen LogP contribution in [0, 0.1) is 0 Å². The maximum atomic E-state index is 11.7. The van der Waals surface area contributed by atoms with Crippen LogP contribution in [0.5, 0.6) is 5.75 Å². The summed E-state index contributed by atoms with van der Waals surface area (Å²) in [7, 11) is 1.61. The first-order valence-corrected chi connectivity index (χ1v) is 8.52. The van der Waals surface area contributed by atoms with Gasteiger partial charge >= 0.3 is 5.97 Å². The van der Waals surface area contributed by atoms with Crippen molar-refractivity contribution >= 4 is 35.0 Å². The summed E-state index contributed by atoms with van der Waals surface area (Å²) in [5.41, 5.74) is 1.35. The van der Waals surface area contributed by atoms with E-state index in [0.29, 0.717) is 15.9 Å². The predicted octanol–water partition coefficient (Wildman–Crippen LogP) is 4.82. The second kappa shape index (κ2) is 8.00. The van der Waals surface area contributed by atoms with Gasteiger partial charge in [0.1, 0.15) is 24.3 Å². The number of carbonyl (C=O) groups excluding carboxylic acids is 1. The van der Waals surface area contributed by atoms with Crippen LogP contribution in [0.4, 0.5) is 0 Å². The largest absolute Gasteiger partial charge is 0.497 e. The number of esters is 1.